The third-order valence-electron chi connectivity index (χ3n) is 5.38. The van der Waals surface area contributed by atoms with E-state index in [9.17, 15) is 18.0 Å². The molecule has 1 atom stereocenters. The Balaban J connectivity index is 1.61. The van der Waals surface area contributed by atoms with Gasteiger partial charge in [-0.1, -0.05) is 30.3 Å². The smallest absolute Gasteiger partial charge is 0.349 e. The minimum absolute atomic E-state index is 0.0675. The second kappa shape index (κ2) is 7.48. The number of fused-ring (bicyclic) bond motifs is 1. The van der Waals surface area contributed by atoms with E-state index in [4.69, 9.17) is 0 Å². The van der Waals surface area contributed by atoms with Crippen molar-refractivity contribution in [2.45, 2.75) is 19.1 Å². The Morgan fingerprint density at radius 2 is 1.90 bits per heavy atom. The Bertz CT molecular complexity index is 1040. The van der Waals surface area contributed by atoms with Gasteiger partial charge in [0, 0.05) is 42.2 Å². The summed E-state index contributed by atoms with van der Waals surface area (Å²) in [6.45, 7) is 3.78. The lowest BCUT2D eigenvalue weighted by Crippen LogP contribution is -2.53. The van der Waals surface area contributed by atoms with Crippen LogP contribution in [0, 0.1) is 5.92 Å². The molecule has 2 heterocycles. The normalized spacial score (nSPS) is 15.7. The molecule has 1 fully saturated rings. The van der Waals surface area contributed by atoms with E-state index < -0.39 is 11.7 Å². The molecule has 2 N–H and O–H groups in total. The first-order chi connectivity index (χ1) is 13.8. The van der Waals surface area contributed by atoms with E-state index in [2.05, 4.69) is 15.6 Å². The molecule has 3 aromatic rings. The summed E-state index contributed by atoms with van der Waals surface area (Å²) in [6, 6.07) is 12.3. The number of hydrogen-bond acceptors (Lipinski definition) is 3. The van der Waals surface area contributed by atoms with Crippen molar-refractivity contribution in [1.82, 2.24) is 15.6 Å². The molecular formula is C22H20F3N3O. The number of aromatic nitrogens is 1. The number of carbonyl (C=O) groups excluding carboxylic acids is 1. The van der Waals surface area contributed by atoms with Crippen LogP contribution >= 0.6 is 0 Å². The van der Waals surface area contributed by atoms with Gasteiger partial charge in [-0.05, 0) is 30.7 Å². The number of rotatable bonds is 4. The van der Waals surface area contributed by atoms with Crippen LogP contribution in [0.5, 0.6) is 0 Å². The molecule has 150 valence electrons. The SMILES string of the molecule is CC(NC(=O)c1cnc2c(-c3ccc(C(F)(F)F)cc3)cccc2c1)C1CNC1. The number of carbonyl (C=O) groups is 1. The van der Waals surface area contributed by atoms with E-state index in [1.807, 2.05) is 19.1 Å². The second-order valence-electron chi connectivity index (χ2n) is 7.36. The predicted octanol–water partition coefficient (Wildman–Crippen LogP) is 4.26. The van der Waals surface area contributed by atoms with Gasteiger partial charge in [-0.2, -0.15) is 13.2 Å². The van der Waals surface area contributed by atoms with Gasteiger partial charge in [0.1, 0.15) is 0 Å². The number of amides is 1. The van der Waals surface area contributed by atoms with E-state index in [-0.39, 0.29) is 11.9 Å². The fourth-order valence-electron chi connectivity index (χ4n) is 3.43. The zero-order valence-corrected chi connectivity index (χ0v) is 15.8. The molecule has 1 aliphatic rings. The van der Waals surface area contributed by atoms with Gasteiger partial charge in [-0.3, -0.25) is 9.78 Å². The molecule has 29 heavy (non-hydrogen) atoms. The lowest BCUT2D eigenvalue weighted by Gasteiger charge is -2.33. The number of nitrogens with one attached hydrogen (secondary N) is 2. The van der Waals surface area contributed by atoms with Crippen LogP contribution in [0.15, 0.2) is 54.7 Å². The topological polar surface area (TPSA) is 54.0 Å². The predicted molar refractivity (Wildman–Crippen MR) is 105 cm³/mol. The van der Waals surface area contributed by atoms with Crippen LogP contribution in [-0.4, -0.2) is 30.0 Å². The molecule has 0 saturated carbocycles. The number of nitrogens with zero attached hydrogens (tertiary/aromatic N) is 1. The summed E-state index contributed by atoms with van der Waals surface area (Å²) in [7, 11) is 0. The number of para-hydroxylation sites is 1. The van der Waals surface area contributed by atoms with Crippen molar-refractivity contribution in [3.8, 4) is 11.1 Å². The van der Waals surface area contributed by atoms with E-state index in [1.165, 1.54) is 18.3 Å². The van der Waals surface area contributed by atoms with Crippen molar-refractivity contribution in [3.63, 3.8) is 0 Å². The van der Waals surface area contributed by atoms with Crippen molar-refractivity contribution in [3.05, 3.63) is 65.9 Å². The molecule has 0 radical (unpaired) electrons. The Hall–Kier alpha value is -2.93. The number of benzene rings is 2. The molecule has 0 bridgehead atoms. The van der Waals surface area contributed by atoms with Crippen LogP contribution < -0.4 is 10.6 Å². The third-order valence-corrected chi connectivity index (χ3v) is 5.38. The van der Waals surface area contributed by atoms with E-state index in [1.54, 1.807) is 12.1 Å². The number of hydrogen-bond donors (Lipinski definition) is 2. The van der Waals surface area contributed by atoms with Crippen molar-refractivity contribution in [2.24, 2.45) is 5.92 Å². The maximum Gasteiger partial charge on any atom is 0.416 e. The Labute approximate surface area is 166 Å². The van der Waals surface area contributed by atoms with Crippen LogP contribution in [0.25, 0.3) is 22.0 Å². The van der Waals surface area contributed by atoms with Gasteiger partial charge in [0.15, 0.2) is 0 Å². The number of alkyl halides is 3. The highest BCUT2D eigenvalue weighted by molar-refractivity contribution is 6.00. The largest absolute Gasteiger partial charge is 0.416 e. The average Bonchev–Trinajstić information content (AvgIpc) is 2.65. The zero-order valence-electron chi connectivity index (χ0n) is 15.8. The first kappa shape index (κ1) is 19.4. The molecule has 7 heteroatoms. The second-order valence-corrected chi connectivity index (χ2v) is 7.36. The molecule has 1 aliphatic heterocycles. The van der Waals surface area contributed by atoms with Crippen molar-refractivity contribution >= 4 is 16.8 Å². The highest BCUT2D eigenvalue weighted by Gasteiger charge is 2.30. The lowest BCUT2D eigenvalue weighted by molar-refractivity contribution is -0.137. The van der Waals surface area contributed by atoms with Crippen LogP contribution in [0.1, 0.15) is 22.8 Å². The molecule has 1 aromatic heterocycles. The van der Waals surface area contributed by atoms with Gasteiger partial charge in [0.2, 0.25) is 0 Å². The van der Waals surface area contributed by atoms with Crippen LogP contribution in [0.3, 0.4) is 0 Å². The maximum absolute atomic E-state index is 12.8. The molecule has 0 aliphatic carbocycles. The lowest BCUT2D eigenvalue weighted by atomic mass is 9.95. The molecular weight excluding hydrogens is 379 g/mol. The van der Waals surface area contributed by atoms with E-state index in [0.717, 1.165) is 36.2 Å². The van der Waals surface area contributed by atoms with Crippen LogP contribution in [0.2, 0.25) is 0 Å². The molecule has 2 aromatic carbocycles. The van der Waals surface area contributed by atoms with Gasteiger partial charge in [0.05, 0.1) is 16.6 Å². The fourth-order valence-corrected chi connectivity index (χ4v) is 3.43. The van der Waals surface area contributed by atoms with Gasteiger partial charge < -0.3 is 10.6 Å². The maximum atomic E-state index is 12.8. The minimum atomic E-state index is -4.37. The highest BCUT2D eigenvalue weighted by Crippen LogP contribution is 2.33. The van der Waals surface area contributed by atoms with Crippen LogP contribution in [0.4, 0.5) is 13.2 Å². The summed E-state index contributed by atoms with van der Waals surface area (Å²) < 4.78 is 38.4. The van der Waals surface area contributed by atoms with E-state index >= 15 is 0 Å². The van der Waals surface area contributed by atoms with Crippen LogP contribution in [-0.2, 0) is 6.18 Å². The first-order valence-corrected chi connectivity index (χ1v) is 9.41. The van der Waals surface area contributed by atoms with Crippen molar-refractivity contribution < 1.29 is 18.0 Å². The summed E-state index contributed by atoms with van der Waals surface area (Å²) >= 11 is 0. The monoisotopic (exact) mass is 399 g/mol. The summed E-state index contributed by atoms with van der Waals surface area (Å²) in [4.78, 5) is 17.0. The third kappa shape index (κ3) is 3.96. The van der Waals surface area contributed by atoms with Gasteiger partial charge in [-0.25, -0.2) is 0 Å². The fraction of sp³-hybridized carbons (Fsp3) is 0.273. The summed E-state index contributed by atoms with van der Waals surface area (Å²) in [5, 5.41) is 6.95. The van der Waals surface area contributed by atoms with Crippen molar-refractivity contribution in [2.75, 3.05) is 13.1 Å². The Kier molecular flexibility index (Phi) is 5.00. The molecule has 1 unspecified atom stereocenters. The zero-order chi connectivity index (χ0) is 20.6. The number of pyridine rings is 1. The first-order valence-electron chi connectivity index (χ1n) is 9.41. The highest BCUT2D eigenvalue weighted by atomic mass is 19.4. The Morgan fingerprint density at radius 3 is 2.52 bits per heavy atom. The standard InChI is InChI=1S/C22H20F3N3O/c1-13(17-10-26-11-17)28-21(29)16-9-15-3-2-4-19(20(15)27-12-16)14-5-7-18(8-6-14)22(23,24)25/h2-9,12-13,17,26H,10-11H2,1H3,(H,28,29). The van der Waals surface area contributed by atoms with Gasteiger partial charge in [0.25, 0.3) is 5.91 Å². The van der Waals surface area contributed by atoms with Gasteiger partial charge in [-0.15, -0.1) is 0 Å². The van der Waals surface area contributed by atoms with E-state index in [0.29, 0.717) is 22.6 Å². The summed E-state index contributed by atoms with van der Waals surface area (Å²) in [5.74, 6) is 0.248. The number of halogens is 3. The summed E-state index contributed by atoms with van der Waals surface area (Å²) in [6.07, 6.45) is -2.86. The molecule has 1 amide bonds. The minimum Gasteiger partial charge on any atom is -0.349 e. The molecule has 0 spiro atoms. The van der Waals surface area contributed by atoms with Gasteiger partial charge >= 0.3 is 6.18 Å². The summed E-state index contributed by atoms with van der Waals surface area (Å²) in [5.41, 5.74) is 1.77. The average molecular weight is 399 g/mol. The quantitative estimate of drug-likeness (QED) is 0.689. The molecule has 4 rings (SSSR count). The molecule has 4 nitrogen and oxygen atoms in total. The Morgan fingerprint density at radius 1 is 1.17 bits per heavy atom. The molecule has 1 saturated heterocycles. The van der Waals surface area contributed by atoms with Crippen molar-refractivity contribution in [1.29, 1.82) is 0 Å².